The number of rotatable bonds is 5. The van der Waals surface area contributed by atoms with E-state index in [0.717, 1.165) is 10.2 Å². The van der Waals surface area contributed by atoms with Crippen LogP contribution in [0.4, 0.5) is 5.69 Å². The average Bonchev–Trinajstić information content (AvgIpc) is 2.14. The van der Waals surface area contributed by atoms with E-state index in [4.69, 9.17) is 0 Å². The molecule has 1 aromatic rings. The van der Waals surface area contributed by atoms with Crippen LogP contribution in [0.5, 0.6) is 0 Å². The fraction of sp³-hybridized carbons (Fsp3) is 0.538. The summed E-state index contributed by atoms with van der Waals surface area (Å²) in [4.78, 5) is 1.98. The van der Waals surface area contributed by atoms with Gasteiger partial charge in [0.25, 0.3) is 0 Å². The van der Waals surface area contributed by atoms with Gasteiger partial charge in [-0.3, -0.25) is 0 Å². The van der Waals surface area contributed by atoms with Crippen LogP contribution in [0.25, 0.3) is 0 Å². The lowest BCUT2D eigenvalue weighted by molar-refractivity contribution is 0.148. The van der Waals surface area contributed by atoms with E-state index >= 15 is 0 Å². The second-order valence-corrected chi connectivity index (χ2v) is 5.63. The number of hydrogen-bond donors (Lipinski definition) is 2. The molecule has 0 heterocycles. The Bertz CT molecular complexity index is 357. The van der Waals surface area contributed by atoms with Crippen LogP contribution in [0.1, 0.15) is 11.1 Å². The molecule has 0 radical (unpaired) electrons. The molecule has 0 amide bonds. The second-order valence-electron chi connectivity index (χ2n) is 4.71. The number of halogens is 1. The number of aliphatic hydroxyl groups is 1. The largest absolute Gasteiger partial charge is 0.390 e. The fourth-order valence-electron chi connectivity index (χ4n) is 1.90. The first-order valence-corrected chi connectivity index (χ1v) is 6.53. The SMILES string of the molecule is Cc1cc(Br)cc(C)c1NCC(O)CN(C)C. The summed E-state index contributed by atoms with van der Waals surface area (Å²) in [6.45, 7) is 5.37. The van der Waals surface area contributed by atoms with Crippen LogP contribution < -0.4 is 5.32 Å². The lowest BCUT2D eigenvalue weighted by Crippen LogP contribution is -2.31. The number of benzene rings is 1. The second kappa shape index (κ2) is 6.38. The average molecular weight is 301 g/mol. The maximum absolute atomic E-state index is 9.80. The van der Waals surface area contributed by atoms with Gasteiger partial charge in [-0.05, 0) is 51.2 Å². The zero-order valence-electron chi connectivity index (χ0n) is 10.9. The van der Waals surface area contributed by atoms with Crippen molar-refractivity contribution in [2.75, 3.05) is 32.5 Å². The van der Waals surface area contributed by atoms with Crippen LogP contribution in [0.2, 0.25) is 0 Å². The van der Waals surface area contributed by atoms with Crippen molar-refractivity contribution in [2.45, 2.75) is 20.0 Å². The van der Waals surface area contributed by atoms with Crippen LogP contribution in [0, 0.1) is 13.8 Å². The Kier molecular flexibility index (Phi) is 5.43. The van der Waals surface area contributed by atoms with Gasteiger partial charge in [-0.15, -0.1) is 0 Å². The number of aliphatic hydroxyl groups excluding tert-OH is 1. The molecule has 0 aliphatic carbocycles. The Morgan fingerprint density at radius 1 is 1.29 bits per heavy atom. The topological polar surface area (TPSA) is 35.5 Å². The molecule has 0 saturated heterocycles. The van der Waals surface area contributed by atoms with E-state index < -0.39 is 0 Å². The van der Waals surface area contributed by atoms with Gasteiger partial charge in [-0.2, -0.15) is 0 Å². The van der Waals surface area contributed by atoms with Crippen molar-refractivity contribution < 1.29 is 5.11 Å². The summed E-state index contributed by atoms with van der Waals surface area (Å²) in [7, 11) is 3.92. The van der Waals surface area contributed by atoms with Gasteiger partial charge in [-0.1, -0.05) is 15.9 Å². The number of aryl methyl sites for hydroxylation is 2. The predicted molar refractivity (Wildman–Crippen MR) is 76.7 cm³/mol. The van der Waals surface area contributed by atoms with Crippen molar-refractivity contribution in [1.29, 1.82) is 0 Å². The summed E-state index contributed by atoms with van der Waals surface area (Å²) in [5, 5.41) is 13.1. The Hall–Kier alpha value is -0.580. The normalized spacial score (nSPS) is 12.9. The highest BCUT2D eigenvalue weighted by molar-refractivity contribution is 9.10. The summed E-state index contributed by atoms with van der Waals surface area (Å²) in [5.41, 5.74) is 3.49. The molecule has 3 nitrogen and oxygen atoms in total. The molecule has 1 aromatic carbocycles. The molecule has 1 rings (SSSR count). The summed E-state index contributed by atoms with van der Waals surface area (Å²) in [6.07, 6.45) is -0.354. The number of nitrogens with one attached hydrogen (secondary N) is 1. The van der Waals surface area contributed by atoms with Crippen molar-refractivity contribution in [3.05, 3.63) is 27.7 Å². The monoisotopic (exact) mass is 300 g/mol. The highest BCUT2D eigenvalue weighted by atomic mass is 79.9. The molecule has 0 saturated carbocycles. The van der Waals surface area contributed by atoms with E-state index in [2.05, 4.69) is 47.2 Å². The van der Waals surface area contributed by atoms with Crippen LogP contribution in [0.3, 0.4) is 0 Å². The van der Waals surface area contributed by atoms with Crippen LogP contribution in [-0.2, 0) is 0 Å². The fourth-order valence-corrected chi connectivity index (χ4v) is 2.58. The zero-order chi connectivity index (χ0) is 13.0. The molecule has 4 heteroatoms. The summed E-state index contributed by atoms with van der Waals surface area (Å²) < 4.78 is 1.09. The minimum absolute atomic E-state index is 0.354. The molecular weight excluding hydrogens is 280 g/mol. The molecule has 0 aliphatic heterocycles. The maximum Gasteiger partial charge on any atom is 0.0838 e. The van der Waals surface area contributed by atoms with E-state index in [-0.39, 0.29) is 6.10 Å². The van der Waals surface area contributed by atoms with Crippen LogP contribution >= 0.6 is 15.9 Å². The number of hydrogen-bond acceptors (Lipinski definition) is 3. The summed E-state index contributed by atoms with van der Waals surface area (Å²) in [5.74, 6) is 0. The Morgan fingerprint density at radius 3 is 2.29 bits per heavy atom. The van der Waals surface area contributed by atoms with E-state index in [1.807, 2.05) is 19.0 Å². The van der Waals surface area contributed by atoms with E-state index in [9.17, 15) is 5.11 Å². The number of anilines is 1. The molecule has 0 spiro atoms. The van der Waals surface area contributed by atoms with Gasteiger partial charge < -0.3 is 15.3 Å². The molecule has 1 atom stereocenters. The zero-order valence-corrected chi connectivity index (χ0v) is 12.5. The highest BCUT2D eigenvalue weighted by Crippen LogP contribution is 2.24. The van der Waals surface area contributed by atoms with Crippen molar-refractivity contribution in [3.8, 4) is 0 Å². The quantitative estimate of drug-likeness (QED) is 0.876. The van der Waals surface area contributed by atoms with Crippen molar-refractivity contribution in [1.82, 2.24) is 4.90 Å². The smallest absolute Gasteiger partial charge is 0.0838 e. The third kappa shape index (κ3) is 4.66. The molecule has 2 N–H and O–H groups in total. The Labute approximate surface area is 112 Å². The highest BCUT2D eigenvalue weighted by Gasteiger charge is 2.08. The number of nitrogens with zero attached hydrogens (tertiary/aromatic N) is 1. The van der Waals surface area contributed by atoms with Gasteiger partial charge in [0.15, 0.2) is 0 Å². The van der Waals surface area contributed by atoms with Gasteiger partial charge in [0.1, 0.15) is 0 Å². The van der Waals surface area contributed by atoms with Gasteiger partial charge in [0.05, 0.1) is 6.10 Å². The lowest BCUT2D eigenvalue weighted by Gasteiger charge is -2.19. The van der Waals surface area contributed by atoms with Crippen molar-refractivity contribution in [3.63, 3.8) is 0 Å². The van der Waals surface area contributed by atoms with Gasteiger partial charge in [0.2, 0.25) is 0 Å². The molecule has 96 valence electrons. The summed E-state index contributed by atoms with van der Waals surface area (Å²) >= 11 is 3.48. The molecule has 0 bridgehead atoms. The molecule has 0 aliphatic rings. The Balaban J connectivity index is 2.63. The number of likely N-dealkylation sites (N-methyl/N-ethyl adjacent to an activating group) is 1. The van der Waals surface area contributed by atoms with Gasteiger partial charge in [-0.25, -0.2) is 0 Å². The lowest BCUT2D eigenvalue weighted by atomic mass is 10.1. The van der Waals surface area contributed by atoms with Crippen molar-refractivity contribution >= 4 is 21.6 Å². The predicted octanol–water partition coefficient (Wildman–Crippen LogP) is 2.40. The standard InChI is InChI=1S/C13H21BrN2O/c1-9-5-11(14)6-10(2)13(9)15-7-12(17)8-16(3)4/h5-6,12,15,17H,7-8H2,1-4H3. The maximum atomic E-state index is 9.80. The first-order valence-electron chi connectivity index (χ1n) is 5.73. The Morgan fingerprint density at radius 2 is 1.82 bits per heavy atom. The van der Waals surface area contributed by atoms with Crippen LogP contribution in [-0.4, -0.2) is 43.3 Å². The molecule has 1 unspecified atom stereocenters. The third-order valence-corrected chi connectivity index (χ3v) is 3.05. The minimum Gasteiger partial charge on any atom is -0.390 e. The molecule has 17 heavy (non-hydrogen) atoms. The van der Waals surface area contributed by atoms with E-state index in [0.29, 0.717) is 13.1 Å². The molecular formula is C13H21BrN2O. The first-order chi connectivity index (χ1) is 7.90. The van der Waals surface area contributed by atoms with Gasteiger partial charge in [0, 0.05) is 23.2 Å². The summed E-state index contributed by atoms with van der Waals surface area (Å²) in [6, 6.07) is 4.15. The van der Waals surface area contributed by atoms with E-state index in [1.54, 1.807) is 0 Å². The third-order valence-electron chi connectivity index (χ3n) is 2.59. The molecule has 0 aromatic heterocycles. The van der Waals surface area contributed by atoms with Crippen molar-refractivity contribution in [2.24, 2.45) is 0 Å². The van der Waals surface area contributed by atoms with Gasteiger partial charge >= 0.3 is 0 Å². The van der Waals surface area contributed by atoms with Crippen LogP contribution in [0.15, 0.2) is 16.6 Å². The van der Waals surface area contributed by atoms with E-state index in [1.165, 1.54) is 11.1 Å². The molecule has 0 fully saturated rings. The minimum atomic E-state index is -0.354. The first kappa shape index (κ1) is 14.5.